The summed E-state index contributed by atoms with van der Waals surface area (Å²) in [5.41, 5.74) is 5.48. The van der Waals surface area contributed by atoms with E-state index in [1.54, 1.807) is 11.8 Å². The third-order valence-electron chi connectivity index (χ3n) is 2.88. The fraction of sp³-hybridized carbons (Fsp3) is 0.818. The van der Waals surface area contributed by atoms with E-state index < -0.39 is 6.04 Å². The molecular weight excluding hydrogens is 222 g/mol. The van der Waals surface area contributed by atoms with Gasteiger partial charge in [-0.2, -0.15) is 0 Å². The van der Waals surface area contributed by atoms with Crippen LogP contribution in [0.25, 0.3) is 0 Å². The number of carbonyl (C=O) groups excluding carboxylic acids is 2. The second-order valence-corrected chi connectivity index (χ2v) is 4.39. The van der Waals surface area contributed by atoms with Gasteiger partial charge in [-0.1, -0.05) is 0 Å². The molecule has 6 heteroatoms. The second-order valence-electron chi connectivity index (χ2n) is 4.39. The van der Waals surface area contributed by atoms with Crippen LogP contribution in [0.5, 0.6) is 0 Å². The van der Waals surface area contributed by atoms with Crippen molar-refractivity contribution in [3.63, 3.8) is 0 Å². The minimum atomic E-state index is -0.483. The van der Waals surface area contributed by atoms with E-state index in [4.69, 9.17) is 10.5 Å². The number of carbonyl (C=O) groups is 2. The molecule has 0 radical (unpaired) electrons. The first-order chi connectivity index (χ1) is 8.04. The molecule has 1 saturated heterocycles. The molecular formula is C11H21N3O3. The number of nitrogens with zero attached hydrogens (tertiary/aromatic N) is 1. The number of nitrogens with two attached hydrogens (primary N) is 1. The van der Waals surface area contributed by atoms with Crippen LogP contribution in [-0.2, 0) is 14.3 Å². The van der Waals surface area contributed by atoms with Crippen molar-refractivity contribution in [2.75, 3.05) is 26.8 Å². The fourth-order valence-electron chi connectivity index (χ4n) is 1.82. The van der Waals surface area contributed by atoms with Crippen molar-refractivity contribution < 1.29 is 14.3 Å². The van der Waals surface area contributed by atoms with E-state index in [1.165, 1.54) is 7.11 Å². The first-order valence-corrected chi connectivity index (χ1v) is 5.87. The highest BCUT2D eigenvalue weighted by atomic mass is 16.5. The molecule has 1 fully saturated rings. The Hall–Kier alpha value is -1.14. The van der Waals surface area contributed by atoms with E-state index in [0.717, 1.165) is 12.8 Å². The van der Waals surface area contributed by atoms with Crippen molar-refractivity contribution in [2.24, 2.45) is 5.73 Å². The van der Waals surface area contributed by atoms with E-state index in [-0.39, 0.29) is 24.5 Å². The summed E-state index contributed by atoms with van der Waals surface area (Å²) in [4.78, 5) is 24.7. The van der Waals surface area contributed by atoms with Gasteiger partial charge in [0.15, 0.2) is 0 Å². The lowest BCUT2D eigenvalue weighted by atomic mass is 10.0. The molecule has 0 aromatic heterocycles. The minimum Gasteiger partial charge on any atom is -0.375 e. The van der Waals surface area contributed by atoms with Crippen LogP contribution in [0.3, 0.4) is 0 Å². The number of hydrogen-bond acceptors (Lipinski definition) is 4. The second kappa shape index (κ2) is 6.56. The Morgan fingerprint density at radius 3 is 2.53 bits per heavy atom. The number of piperidine rings is 1. The van der Waals surface area contributed by atoms with Crippen LogP contribution in [0.1, 0.15) is 19.8 Å². The van der Waals surface area contributed by atoms with E-state index in [1.807, 2.05) is 0 Å². The lowest BCUT2D eigenvalue weighted by Gasteiger charge is -2.32. The molecule has 0 unspecified atom stereocenters. The molecule has 1 aliphatic heterocycles. The average molecular weight is 243 g/mol. The van der Waals surface area contributed by atoms with Crippen LogP contribution >= 0.6 is 0 Å². The smallest absolute Gasteiger partial charge is 0.248 e. The third kappa shape index (κ3) is 4.32. The monoisotopic (exact) mass is 243 g/mol. The van der Waals surface area contributed by atoms with E-state index in [0.29, 0.717) is 13.1 Å². The minimum absolute atomic E-state index is 0.00414. The fourth-order valence-corrected chi connectivity index (χ4v) is 1.82. The summed E-state index contributed by atoms with van der Waals surface area (Å²) >= 11 is 0. The molecule has 2 amide bonds. The zero-order valence-electron chi connectivity index (χ0n) is 10.4. The maximum absolute atomic E-state index is 11.5. The molecule has 0 aliphatic carbocycles. The highest BCUT2D eigenvalue weighted by molar-refractivity contribution is 5.81. The zero-order valence-corrected chi connectivity index (χ0v) is 10.4. The summed E-state index contributed by atoms with van der Waals surface area (Å²) < 4.78 is 4.80. The summed E-state index contributed by atoms with van der Waals surface area (Å²) in [6.45, 7) is 3.10. The van der Waals surface area contributed by atoms with Gasteiger partial charge >= 0.3 is 0 Å². The predicted octanol–water partition coefficient (Wildman–Crippen LogP) is -0.913. The van der Waals surface area contributed by atoms with Crippen LogP contribution in [0, 0.1) is 0 Å². The van der Waals surface area contributed by atoms with Crippen molar-refractivity contribution in [1.82, 2.24) is 10.2 Å². The summed E-state index contributed by atoms with van der Waals surface area (Å²) in [6, 6.07) is -0.358. The van der Waals surface area contributed by atoms with Crippen LogP contribution < -0.4 is 11.1 Å². The molecule has 1 aliphatic rings. The topological polar surface area (TPSA) is 84.7 Å². The van der Waals surface area contributed by atoms with E-state index in [2.05, 4.69) is 5.32 Å². The van der Waals surface area contributed by atoms with E-state index >= 15 is 0 Å². The maximum Gasteiger partial charge on any atom is 0.248 e. The quantitative estimate of drug-likeness (QED) is 0.669. The average Bonchev–Trinajstić information content (AvgIpc) is 2.30. The number of ether oxygens (including phenoxy) is 1. The standard InChI is InChI=1S/C11H21N3O3/c1-8(12)11(16)13-9-3-5-14(6-4-9)10(15)7-17-2/h8-9H,3-7,12H2,1-2H3,(H,13,16)/t8-/m0/s1. The molecule has 1 heterocycles. The van der Waals surface area contributed by atoms with Gasteiger partial charge in [0.2, 0.25) is 11.8 Å². The molecule has 1 atom stereocenters. The number of hydrogen-bond donors (Lipinski definition) is 2. The molecule has 0 spiro atoms. The molecule has 0 aromatic carbocycles. The van der Waals surface area contributed by atoms with Crippen molar-refractivity contribution in [1.29, 1.82) is 0 Å². The lowest BCUT2D eigenvalue weighted by Crippen LogP contribution is -2.50. The third-order valence-corrected chi connectivity index (χ3v) is 2.88. The Morgan fingerprint density at radius 1 is 1.47 bits per heavy atom. The van der Waals surface area contributed by atoms with Crippen molar-refractivity contribution >= 4 is 11.8 Å². The SMILES string of the molecule is COCC(=O)N1CCC(NC(=O)[C@H](C)N)CC1. The predicted molar refractivity (Wildman–Crippen MR) is 63.3 cm³/mol. The largest absolute Gasteiger partial charge is 0.375 e. The van der Waals surface area contributed by atoms with Gasteiger partial charge in [-0.25, -0.2) is 0 Å². The Kier molecular flexibility index (Phi) is 5.37. The molecule has 0 aromatic rings. The highest BCUT2D eigenvalue weighted by Crippen LogP contribution is 2.10. The van der Waals surface area contributed by atoms with E-state index in [9.17, 15) is 9.59 Å². The molecule has 0 saturated carbocycles. The molecule has 6 nitrogen and oxygen atoms in total. The van der Waals surface area contributed by atoms with Crippen molar-refractivity contribution in [3.05, 3.63) is 0 Å². The van der Waals surface area contributed by atoms with Gasteiger partial charge in [-0.05, 0) is 19.8 Å². The summed E-state index contributed by atoms with van der Waals surface area (Å²) in [5.74, 6) is -0.129. The molecule has 0 bridgehead atoms. The normalized spacial score (nSPS) is 18.9. The van der Waals surface area contributed by atoms with Crippen molar-refractivity contribution in [3.8, 4) is 0 Å². The Bertz CT molecular complexity index is 273. The van der Waals surface area contributed by atoms with Crippen LogP contribution in [0.2, 0.25) is 0 Å². The lowest BCUT2D eigenvalue weighted by molar-refractivity contribution is -0.136. The number of rotatable bonds is 4. The van der Waals surface area contributed by atoms with Gasteiger partial charge in [0.1, 0.15) is 6.61 Å². The first-order valence-electron chi connectivity index (χ1n) is 5.87. The molecule has 1 rings (SSSR count). The van der Waals surface area contributed by atoms with Gasteiger partial charge in [0.25, 0.3) is 0 Å². The Labute approximate surface area is 101 Å². The van der Waals surface area contributed by atoms with Gasteiger partial charge in [0.05, 0.1) is 6.04 Å². The van der Waals surface area contributed by atoms with Gasteiger partial charge in [-0.3, -0.25) is 9.59 Å². The van der Waals surface area contributed by atoms with Crippen LogP contribution in [-0.4, -0.2) is 55.6 Å². The highest BCUT2D eigenvalue weighted by Gasteiger charge is 2.24. The number of nitrogens with one attached hydrogen (secondary N) is 1. The van der Waals surface area contributed by atoms with Gasteiger partial charge in [0, 0.05) is 26.2 Å². The first kappa shape index (κ1) is 13.9. The number of likely N-dealkylation sites (tertiary alicyclic amines) is 1. The summed E-state index contributed by atoms with van der Waals surface area (Å²) in [6.07, 6.45) is 1.54. The van der Waals surface area contributed by atoms with Crippen molar-refractivity contribution in [2.45, 2.75) is 31.8 Å². The Balaban J connectivity index is 2.31. The number of methoxy groups -OCH3 is 1. The maximum atomic E-state index is 11.5. The van der Waals surface area contributed by atoms with Crippen LogP contribution in [0.4, 0.5) is 0 Å². The zero-order chi connectivity index (χ0) is 12.8. The van der Waals surface area contributed by atoms with Crippen LogP contribution in [0.15, 0.2) is 0 Å². The van der Waals surface area contributed by atoms with Gasteiger partial charge < -0.3 is 20.7 Å². The summed E-state index contributed by atoms with van der Waals surface area (Å²) in [7, 11) is 1.51. The molecule has 3 N–H and O–H groups in total. The Morgan fingerprint density at radius 2 is 2.06 bits per heavy atom. The van der Waals surface area contributed by atoms with Gasteiger partial charge in [-0.15, -0.1) is 0 Å². The summed E-state index contributed by atoms with van der Waals surface area (Å²) in [5, 5.41) is 2.88. The molecule has 17 heavy (non-hydrogen) atoms. The number of amides is 2. The molecule has 98 valence electrons.